The molecule has 0 fully saturated rings. The standard InChI is InChI=1S/C28H47N11O7/c1-14(2)11-18(29)24(43)38-20(12-16-6-8-17(40)9-7-16)26(45)36-19(5-4-10-34-28(31)32)25(44)35-15(3)23(42)37-21(13-22(30)41)27(46)39-33/h6-9,14-15,18-21,40H,4-5,10-13,29,33H2,1-3H3,(H2,30,41)(H,35,44)(H,36,45)(H,37,42)(H,38,43)(H,39,46)(H4,31,32,34)/t15-,18-,19-,20-,21-/m0/s1. The summed E-state index contributed by atoms with van der Waals surface area (Å²) in [5.41, 5.74) is 24.3. The molecular weight excluding hydrogens is 602 g/mol. The highest BCUT2D eigenvalue weighted by Gasteiger charge is 2.31. The molecule has 18 heteroatoms. The molecule has 0 radical (unpaired) electrons. The van der Waals surface area contributed by atoms with E-state index in [1.807, 2.05) is 19.3 Å². The number of aromatic hydroxyl groups is 1. The lowest BCUT2D eigenvalue weighted by atomic mass is 10.0. The van der Waals surface area contributed by atoms with Crippen LogP contribution in [-0.4, -0.2) is 83.3 Å². The highest BCUT2D eigenvalue weighted by atomic mass is 16.3. The number of primary amides is 1. The molecule has 18 nitrogen and oxygen atoms in total. The molecule has 46 heavy (non-hydrogen) atoms. The number of carbonyl (C=O) groups is 6. The van der Waals surface area contributed by atoms with Crippen molar-refractivity contribution in [2.75, 3.05) is 6.54 Å². The summed E-state index contributed by atoms with van der Waals surface area (Å²) in [6.07, 6.45) is 0.0753. The van der Waals surface area contributed by atoms with Crippen LogP contribution in [0.5, 0.6) is 5.75 Å². The van der Waals surface area contributed by atoms with E-state index in [4.69, 9.17) is 28.8 Å². The van der Waals surface area contributed by atoms with Crippen molar-refractivity contribution in [3.63, 3.8) is 0 Å². The Morgan fingerprint density at radius 1 is 0.783 bits per heavy atom. The van der Waals surface area contributed by atoms with E-state index < -0.39 is 72.1 Å². The van der Waals surface area contributed by atoms with E-state index in [9.17, 15) is 33.9 Å². The van der Waals surface area contributed by atoms with Crippen molar-refractivity contribution < 1.29 is 33.9 Å². The average molecular weight is 650 g/mol. The van der Waals surface area contributed by atoms with E-state index in [-0.39, 0.29) is 43.4 Å². The van der Waals surface area contributed by atoms with Crippen molar-refractivity contribution >= 4 is 41.4 Å². The Balaban J connectivity index is 3.20. The number of amides is 6. The number of aliphatic imine (C=N–C) groups is 1. The number of phenols is 1. The van der Waals surface area contributed by atoms with Gasteiger partial charge in [0.2, 0.25) is 29.5 Å². The van der Waals surface area contributed by atoms with Crippen molar-refractivity contribution in [3.8, 4) is 5.75 Å². The molecule has 0 saturated carbocycles. The Kier molecular flexibility index (Phi) is 16.5. The summed E-state index contributed by atoms with van der Waals surface area (Å²) >= 11 is 0. The third-order valence-corrected chi connectivity index (χ3v) is 6.58. The first-order chi connectivity index (χ1) is 21.5. The number of rotatable bonds is 19. The predicted octanol–water partition coefficient (Wildman–Crippen LogP) is -3.81. The number of nitrogens with one attached hydrogen (secondary N) is 5. The fourth-order valence-corrected chi connectivity index (χ4v) is 4.20. The quantitative estimate of drug-likeness (QED) is 0.0172. The monoisotopic (exact) mass is 649 g/mol. The van der Waals surface area contributed by atoms with E-state index in [2.05, 4.69) is 26.3 Å². The van der Waals surface area contributed by atoms with Crippen LogP contribution in [0.4, 0.5) is 0 Å². The number of nitrogens with zero attached hydrogens (tertiary/aromatic N) is 1. The molecule has 0 saturated heterocycles. The summed E-state index contributed by atoms with van der Waals surface area (Å²) in [6, 6.07) is 0.0681. The van der Waals surface area contributed by atoms with Crippen LogP contribution in [-0.2, 0) is 35.2 Å². The summed E-state index contributed by atoms with van der Waals surface area (Å²) in [7, 11) is 0. The van der Waals surface area contributed by atoms with Crippen molar-refractivity contribution in [1.82, 2.24) is 26.7 Å². The maximum atomic E-state index is 13.6. The van der Waals surface area contributed by atoms with E-state index in [1.54, 1.807) is 12.1 Å². The highest BCUT2D eigenvalue weighted by molar-refractivity contribution is 5.96. The van der Waals surface area contributed by atoms with E-state index in [0.717, 1.165) is 0 Å². The second-order valence-electron chi connectivity index (χ2n) is 11.1. The van der Waals surface area contributed by atoms with Crippen LogP contribution in [0.15, 0.2) is 29.3 Å². The van der Waals surface area contributed by atoms with E-state index in [1.165, 1.54) is 19.1 Å². The Morgan fingerprint density at radius 2 is 1.35 bits per heavy atom. The fraction of sp³-hybridized carbons (Fsp3) is 0.536. The zero-order valence-corrected chi connectivity index (χ0v) is 26.2. The summed E-state index contributed by atoms with van der Waals surface area (Å²) in [5, 5.41) is 19.7. The van der Waals surface area contributed by atoms with Crippen LogP contribution in [0.3, 0.4) is 0 Å². The van der Waals surface area contributed by atoms with Crippen molar-refractivity contribution in [2.24, 2.45) is 39.7 Å². The third kappa shape index (κ3) is 14.7. The molecule has 5 atom stereocenters. The van der Waals surface area contributed by atoms with Gasteiger partial charge in [0, 0.05) is 13.0 Å². The van der Waals surface area contributed by atoms with Gasteiger partial charge in [-0.25, -0.2) is 5.84 Å². The van der Waals surface area contributed by atoms with Crippen molar-refractivity contribution in [2.45, 2.75) is 83.1 Å². The van der Waals surface area contributed by atoms with E-state index >= 15 is 0 Å². The number of guanidine groups is 1. The SMILES string of the molecule is CC(C)C[C@H](N)C(=O)N[C@@H](Cc1ccc(O)cc1)C(=O)N[C@@H](CCCN=C(N)N)C(=O)N[C@@H](C)C(=O)N[C@@H](CC(N)=O)C(=O)NN. The van der Waals surface area contributed by atoms with Crippen LogP contribution in [0, 0.1) is 5.92 Å². The molecule has 0 bridgehead atoms. The van der Waals surface area contributed by atoms with Gasteiger partial charge in [0.05, 0.1) is 12.5 Å². The molecule has 6 amide bonds. The van der Waals surface area contributed by atoms with Gasteiger partial charge in [-0.15, -0.1) is 0 Å². The zero-order valence-electron chi connectivity index (χ0n) is 26.2. The molecular formula is C28H47N11O7. The van der Waals surface area contributed by atoms with Gasteiger partial charge in [-0.1, -0.05) is 26.0 Å². The van der Waals surface area contributed by atoms with Gasteiger partial charge < -0.3 is 49.3 Å². The maximum Gasteiger partial charge on any atom is 0.256 e. The smallest absolute Gasteiger partial charge is 0.256 e. The topological polar surface area (TPSA) is 325 Å². The molecule has 1 aromatic carbocycles. The van der Waals surface area contributed by atoms with Gasteiger partial charge in [0.1, 0.15) is 29.9 Å². The zero-order chi connectivity index (χ0) is 35.0. The molecule has 0 spiro atoms. The Labute approximate surface area is 267 Å². The number of phenolic OH excluding ortho intramolecular Hbond substituents is 1. The van der Waals surface area contributed by atoms with Crippen LogP contribution >= 0.6 is 0 Å². The third-order valence-electron chi connectivity index (χ3n) is 6.58. The second-order valence-corrected chi connectivity index (χ2v) is 11.1. The molecule has 0 aromatic heterocycles. The Bertz CT molecular complexity index is 1240. The number of hydrazine groups is 1. The molecule has 0 aliphatic heterocycles. The van der Waals surface area contributed by atoms with Crippen LogP contribution in [0.1, 0.15) is 52.0 Å². The maximum absolute atomic E-state index is 13.6. The summed E-state index contributed by atoms with van der Waals surface area (Å²) in [5.74, 6) is 0.378. The first-order valence-corrected chi connectivity index (χ1v) is 14.6. The van der Waals surface area contributed by atoms with Gasteiger partial charge in [0.25, 0.3) is 5.91 Å². The van der Waals surface area contributed by atoms with Gasteiger partial charge in [-0.2, -0.15) is 0 Å². The van der Waals surface area contributed by atoms with Crippen LogP contribution in [0.25, 0.3) is 0 Å². The van der Waals surface area contributed by atoms with Gasteiger partial charge in [-0.05, 0) is 49.8 Å². The molecule has 0 aliphatic rings. The van der Waals surface area contributed by atoms with Crippen LogP contribution in [0.2, 0.25) is 0 Å². The lowest BCUT2D eigenvalue weighted by Gasteiger charge is -2.26. The molecule has 1 aromatic rings. The second kappa shape index (κ2) is 19.4. The number of carbonyl (C=O) groups excluding carboxylic acids is 6. The van der Waals surface area contributed by atoms with E-state index in [0.29, 0.717) is 12.0 Å². The summed E-state index contributed by atoms with van der Waals surface area (Å²) in [4.78, 5) is 79.7. The molecule has 0 aliphatic carbocycles. The lowest BCUT2D eigenvalue weighted by molar-refractivity contribution is -0.135. The van der Waals surface area contributed by atoms with Crippen molar-refractivity contribution in [3.05, 3.63) is 29.8 Å². The predicted molar refractivity (Wildman–Crippen MR) is 169 cm³/mol. The average Bonchev–Trinajstić information content (AvgIpc) is 2.97. The fourth-order valence-electron chi connectivity index (χ4n) is 4.20. The van der Waals surface area contributed by atoms with Crippen molar-refractivity contribution in [1.29, 1.82) is 0 Å². The highest BCUT2D eigenvalue weighted by Crippen LogP contribution is 2.13. The molecule has 0 unspecified atom stereocenters. The lowest BCUT2D eigenvalue weighted by Crippen LogP contribution is -2.59. The Hall–Kier alpha value is -4.97. The molecule has 16 N–H and O–H groups in total. The number of hydrogen-bond donors (Lipinski definition) is 11. The molecule has 1 rings (SSSR count). The number of hydrogen-bond acceptors (Lipinski definition) is 10. The van der Waals surface area contributed by atoms with Crippen LogP contribution < -0.4 is 55.5 Å². The largest absolute Gasteiger partial charge is 0.508 e. The first-order valence-electron chi connectivity index (χ1n) is 14.6. The minimum atomic E-state index is -1.39. The number of benzene rings is 1. The Morgan fingerprint density at radius 3 is 1.89 bits per heavy atom. The first kappa shape index (κ1) is 39.1. The van der Waals surface area contributed by atoms with Gasteiger partial charge in [0.15, 0.2) is 5.96 Å². The van der Waals surface area contributed by atoms with Gasteiger partial charge >= 0.3 is 0 Å². The minimum absolute atomic E-state index is 0.00212. The molecule has 256 valence electrons. The molecule has 0 heterocycles. The number of nitrogens with two attached hydrogens (primary N) is 5. The summed E-state index contributed by atoms with van der Waals surface area (Å²) in [6.45, 7) is 5.23. The summed E-state index contributed by atoms with van der Waals surface area (Å²) < 4.78 is 0. The van der Waals surface area contributed by atoms with Gasteiger partial charge in [-0.3, -0.25) is 39.2 Å². The minimum Gasteiger partial charge on any atom is -0.508 e. The normalized spacial score (nSPS) is 14.0.